The first-order valence-corrected chi connectivity index (χ1v) is 5.82. The molecule has 1 unspecified atom stereocenters. The van der Waals surface area contributed by atoms with Gasteiger partial charge in [0.1, 0.15) is 6.04 Å². The Hall–Kier alpha value is -1.28. The van der Waals surface area contributed by atoms with E-state index in [1.165, 1.54) is 13.2 Å². The maximum absolute atomic E-state index is 12.3. The van der Waals surface area contributed by atoms with E-state index >= 15 is 0 Å². The lowest BCUT2D eigenvalue weighted by molar-refractivity contribution is -0.141. The zero-order chi connectivity index (χ0) is 13.8. The Bertz CT molecular complexity index is 409. The molecule has 1 aromatic rings. The molecule has 1 atom stereocenters. The minimum Gasteiger partial charge on any atom is -0.468 e. The largest absolute Gasteiger partial charge is 0.468 e. The first-order chi connectivity index (χ1) is 8.34. The summed E-state index contributed by atoms with van der Waals surface area (Å²) < 4.78 is 41.2. The minimum absolute atomic E-state index is 0.186. The molecule has 18 heavy (non-hydrogen) atoms. The van der Waals surface area contributed by atoms with Crippen LogP contribution < -0.4 is 5.73 Å². The van der Waals surface area contributed by atoms with E-state index in [2.05, 4.69) is 9.72 Å². The fourth-order valence-corrected chi connectivity index (χ4v) is 1.81. The third-order valence-electron chi connectivity index (χ3n) is 1.98. The van der Waals surface area contributed by atoms with Crippen LogP contribution in [-0.4, -0.2) is 29.9 Å². The van der Waals surface area contributed by atoms with Gasteiger partial charge in [0.15, 0.2) is 0 Å². The predicted molar refractivity (Wildman–Crippen MR) is 60.0 cm³/mol. The van der Waals surface area contributed by atoms with Gasteiger partial charge >= 0.3 is 12.1 Å². The number of ether oxygens (including phenoxy) is 1. The van der Waals surface area contributed by atoms with Gasteiger partial charge < -0.3 is 10.5 Å². The molecule has 0 amide bonds. The molecule has 0 saturated carbocycles. The van der Waals surface area contributed by atoms with E-state index in [1.807, 2.05) is 0 Å². The van der Waals surface area contributed by atoms with Crippen LogP contribution in [0.3, 0.4) is 0 Å². The Labute approximate surface area is 106 Å². The van der Waals surface area contributed by atoms with Crippen molar-refractivity contribution in [1.82, 2.24) is 4.98 Å². The third kappa shape index (κ3) is 4.19. The van der Waals surface area contributed by atoms with Crippen LogP contribution in [0.15, 0.2) is 23.4 Å². The summed E-state index contributed by atoms with van der Waals surface area (Å²) in [4.78, 5) is 14.6. The second-order valence-electron chi connectivity index (χ2n) is 3.32. The second kappa shape index (κ2) is 6.05. The number of esters is 1. The summed E-state index contributed by atoms with van der Waals surface area (Å²) >= 11 is 1.09. The number of carbonyl (C=O) groups is 1. The summed E-state index contributed by atoms with van der Waals surface area (Å²) in [6, 6.07) is 1.33. The summed E-state index contributed by atoms with van der Waals surface area (Å²) in [6.45, 7) is 0. The van der Waals surface area contributed by atoms with E-state index in [9.17, 15) is 18.0 Å². The Morgan fingerprint density at radius 3 is 2.67 bits per heavy atom. The van der Waals surface area contributed by atoms with Crippen molar-refractivity contribution < 1.29 is 22.7 Å². The van der Waals surface area contributed by atoms with Gasteiger partial charge in [-0.1, -0.05) is 0 Å². The van der Waals surface area contributed by atoms with E-state index in [-0.39, 0.29) is 5.75 Å². The molecule has 2 N–H and O–H groups in total. The summed E-state index contributed by atoms with van der Waals surface area (Å²) in [7, 11) is 1.21. The minimum atomic E-state index is -4.40. The molecule has 1 aromatic heterocycles. The molecule has 100 valence electrons. The van der Waals surface area contributed by atoms with Crippen molar-refractivity contribution in [2.45, 2.75) is 17.2 Å². The Morgan fingerprint density at radius 1 is 1.56 bits per heavy atom. The molecule has 0 bridgehead atoms. The molecule has 8 heteroatoms. The number of alkyl halides is 3. The zero-order valence-electron chi connectivity index (χ0n) is 9.40. The lowest BCUT2D eigenvalue weighted by atomic mass is 10.3. The molecule has 0 radical (unpaired) electrons. The number of hydrogen-bond acceptors (Lipinski definition) is 5. The van der Waals surface area contributed by atoms with Gasteiger partial charge in [-0.15, -0.1) is 11.8 Å². The fourth-order valence-electron chi connectivity index (χ4n) is 1.03. The zero-order valence-corrected chi connectivity index (χ0v) is 10.2. The van der Waals surface area contributed by atoms with E-state index < -0.39 is 23.8 Å². The fraction of sp³-hybridized carbons (Fsp3) is 0.400. The monoisotopic (exact) mass is 280 g/mol. The van der Waals surface area contributed by atoms with Crippen molar-refractivity contribution in [2.24, 2.45) is 5.73 Å². The molecular weight excluding hydrogens is 269 g/mol. The van der Waals surface area contributed by atoms with Crippen molar-refractivity contribution in [2.75, 3.05) is 12.9 Å². The molecule has 0 spiro atoms. The topological polar surface area (TPSA) is 65.2 Å². The first-order valence-electron chi connectivity index (χ1n) is 4.84. The average Bonchev–Trinajstić information content (AvgIpc) is 2.34. The average molecular weight is 280 g/mol. The van der Waals surface area contributed by atoms with Gasteiger partial charge in [-0.3, -0.25) is 4.79 Å². The third-order valence-corrected chi connectivity index (χ3v) is 3.04. The van der Waals surface area contributed by atoms with Crippen LogP contribution in [0.4, 0.5) is 13.2 Å². The van der Waals surface area contributed by atoms with Crippen LogP contribution in [0.1, 0.15) is 5.56 Å². The molecule has 1 rings (SSSR count). The number of nitrogens with zero attached hydrogens (tertiary/aromatic N) is 1. The highest BCUT2D eigenvalue weighted by Gasteiger charge is 2.30. The highest BCUT2D eigenvalue weighted by atomic mass is 32.2. The van der Waals surface area contributed by atoms with Gasteiger partial charge in [0.2, 0.25) is 0 Å². The van der Waals surface area contributed by atoms with Crippen molar-refractivity contribution in [3.63, 3.8) is 0 Å². The van der Waals surface area contributed by atoms with Crippen LogP contribution in [0.25, 0.3) is 0 Å². The van der Waals surface area contributed by atoms with Crippen molar-refractivity contribution >= 4 is 17.7 Å². The van der Waals surface area contributed by atoms with Crippen LogP contribution in [0.2, 0.25) is 0 Å². The van der Waals surface area contributed by atoms with Gasteiger partial charge in [0.05, 0.1) is 17.7 Å². The molecule has 0 aliphatic heterocycles. The molecule has 0 aliphatic rings. The molecular formula is C10H11F3N2O2S. The van der Waals surface area contributed by atoms with Crippen molar-refractivity contribution in [1.29, 1.82) is 0 Å². The lowest BCUT2D eigenvalue weighted by Crippen LogP contribution is -2.33. The van der Waals surface area contributed by atoms with E-state index in [4.69, 9.17) is 5.73 Å². The van der Waals surface area contributed by atoms with Crippen LogP contribution >= 0.6 is 11.8 Å². The van der Waals surface area contributed by atoms with Crippen LogP contribution in [-0.2, 0) is 15.7 Å². The molecule has 1 heterocycles. The van der Waals surface area contributed by atoms with Crippen LogP contribution in [0.5, 0.6) is 0 Å². The molecule has 0 aromatic carbocycles. The van der Waals surface area contributed by atoms with Crippen molar-refractivity contribution in [3.8, 4) is 0 Å². The Morgan fingerprint density at radius 2 is 2.22 bits per heavy atom. The smallest absolute Gasteiger partial charge is 0.417 e. The van der Waals surface area contributed by atoms with Gasteiger partial charge in [-0.25, -0.2) is 4.98 Å². The number of pyridine rings is 1. The maximum Gasteiger partial charge on any atom is 0.417 e. The van der Waals surface area contributed by atoms with Crippen LogP contribution in [0, 0.1) is 0 Å². The summed E-state index contributed by atoms with van der Waals surface area (Å²) in [5, 5.41) is 0.363. The predicted octanol–water partition coefficient (Wildman–Crippen LogP) is 1.69. The maximum atomic E-state index is 12.3. The standard InChI is InChI=1S/C10H11F3N2O2S/c1-17-9(16)7(14)5-18-8-3-2-6(4-15-8)10(11,12)13/h2-4,7H,5,14H2,1H3. The number of nitrogens with two attached hydrogens (primary N) is 1. The van der Waals surface area contributed by atoms with Gasteiger partial charge in [0, 0.05) is 11.9 Å². The Kier molecular flexibility index (Phi) is 4.97. The molecule has 4 nitrogen and oxygen atoms in total. The van der Waals surface area contributed by atoms with Crippen molar-refractivity contribution in [3.05, 3.63) is 23.9 Å². The van der Waals surface area contributed by atoms with E-state index in [0.717, 1.165) is 24.0 Å². The Balaban J connectivity index is 2.57. The van der Waals surface area contributed by atoms with Gasteiger partial charge in [-0.05, 0) is 12.1 Å². The molecule has 0 saturated heterocycles. The van der Waals surface area contributed by atoms with E-state index in [0.29, 0.717) is 5.03 Å². The first kappa shape index (κ1) is 14.8. The van der Waals surface area contributed by atoms with Gasteiger partial charge in [-0.2, -0.15) is 13.2 Å². The number of aromatic nitrogens is 1. The molecule has 0 aliphatic carbocycles. The summed E-state index contributed by atoms with van der Waals surface area (Å²) in [5.74, 6) is -0.389. The normalized spacial score (nSPS) is 13.2. The molecule has 0 fully saturated rings. The number of halogens is 3. The second-order valence-corrected chi connectivity index (χ2v) is 4.36. The number of methoxy groups -OCH3 is 1. The number of thioether (sulfide) groups is 1. The number of hydrogen-bond donors (Lipinski definition) is 1. The summed E-state index contributed by atoms with van der Waals surface area (Å²) in [5.41, 5.74) is 4.66. The van der Waals surface area contributed by atoms with E-state index in [1.54, 1.807) is 0 Å². The summed E-state index contributed by atoms with van der Waals surface area (Å²) in [6.07, 6.45) is -3.66. The highest BCUT2D eigenvalue weighted by Crippen LogP contribution is 2.29. The van der Waals surface area contributed by atoms with Gasteiger partial charge in [0.25, 0.3) is 0 Å². The lowest BCUT2D eigenvalue weighted by Gasteiger charge is -2.09. The number of carbonyl (C=O) groups excluding carboxylic acids is 1. The quantitative estimate of drug-likeness (QED) is 0.671. The SMILES string of the molecule is COC(=O)C(N)CSc1ccc(C(F)(F)F)cn1. The number of rotatable bonds is 4. The highest BCUT2D eigenvalue weighted by molar-refractivity contribution is 7.99.